The maximum absolute atomic E-state index is 13.2. The molecule has 156 valence electrons. The van der Waals surface area contributed by atoms with Gasteiger partial charge >= 0.3 is 0 Å². The van der Waals surface area contributed by atoms with Crippen molar-refractivity contribution in [3.8, 4) is 11.5 Å². The van der Waals surface area contributed by atoms with Crippen molar-refractivity contribution in [1.82, 2.24) is 9.80 Å². The lowest BCUT2D eigenvalue weighted by Gasteiger charge is -2.34. The summed E-state index contributed by atoms with van der Waals surface area (Å²) in [5.74, 6) is 0.795. The third-order valence-electron chi connectivity index (χ3n) is 4.92. The Kier molecular flexibility index (Phi) is 7.30. The number of piperazine rings is 1. The molecule has 1 saturated heterocycles. The number of halogens is 2. The second-order valence-electron chi connectivity index (χ2n) is 6.90. The monoisotopic (exact) mass is 421 g/mol. The van der Waals surface area contributed by atoms with Crippen molar-refractivity contribution in [2.45, 2.75) is 6.54 Å². The zero-order chi connectivity index (χ0) is 20.8. The second kappa shape index (κ2) is 9.91. The van der Waals surface area contributed by atoms with Gasteiger partial charge in [0.2, 0.25) is 5.91 Å². The Bertz CT molecular complexity index is 857. The lowest BCUT2D eigenvalue weighted by Crippen LogP contribution is -2.48. The van der Waals surface area contributed by atoms with E-state index in [0.29, 0.717) is 35.3 Å². The fraction of sp³-hybridized carbons (Fsp3) is 0.381. The largest absolute Gasteiger partial charge is 0.497 e. The summed E-state index contributed by atoms with van der Waals surface area (Å²) >= 11 is 6.12. The highest BCUT2D eigenvalue weighted by atomic mass is 35.5. The number of carbonyl (C=O) groups is 1. The molecule has 3 rings (SSSR count). The number of amides is 1. The summed E-state index contributed by atoms with van der Waals surface area (Å²) in [4.78, 5) is 16.8. The molecule has 0 aromatic heterocycles. The summed E-state index contributed by atoms with van der Waals surface area (Å²) < 4.78 is 23.7. The lowest BCUT2D eigenvalue weighted by atomic mass is 10.2. The van der Waals surface area contributed by atoms with Crippen LogP contribution in [0.4, 0.5) is 10.1 Å². The highest BCUT2D eigenvalue weighted by Gasteiger charge is 2.20. The summed E-state index contributed by atoms with van der Waals surface area (Å²) in [7, 11) is 3.14. The molecule has 0 saturated carbocycles. The maximum atomic E-state index is 13.2. The van der Waals surface area contributed by atoms with E-state index in [1.165, 1.54) is 12.1 Å². The van der Waals surface area contributed by atoms with E-state index in [1.807, 2.05) is 0 Å². The van der Waals surface area contributed by atoms with Crippen LogP contribution in [0.15, 0.2) is 36.4 Å². The number of benzene rings is 2. The van der Waals surface area contributed by atoms with E-state index in [1.54, 1.807) is 38.5 Å². The molecule has 0 spiro atoms. The average molecular weight is 422 g/mol. The first kappa shape index (κ1) is 21.4. The van der Waals surface area contributed by atoms with Gasteiger partial charge in [0, 0.05) is 43.8 Å². The maximum Gasteiger partial charge on any atom is 0.238 e. The van der Waals surface area contributed by atoms with Gasteiger partial charge in [-0.1, -0.05) is 17.7 Å². The van der Waals surface area contributed by atoms with E-state index < -0.39 is 0 Å². The number of carbonyl (C=O) groups excluding carboxylic acids is 1. The van der Waals surface area contributed by atoms with Gasteiger partial charge in [0.1, 0.15) is 17.3 Å². The molecule has 1 amide bonds. The molecular formula is C21H25ClFN3O3. The van der Waals surface area contributed by atoms with Gasteiger partial charge in [-0.25, -0.2) is 4.39 Å². The van der Waals surface area contributed by atoms with E-state index in [2.05, 4.69) is 15.1 Å². The number of hydrogen-bond donors (Lipinski definition) is 1. The first-order valence-electron chi connectivity index (χ1n) is 9.39. The van der Waals surface area contributed by atoms with Crippen LogP contribution in [0.1, 0.15) is 5.56 Å². The highest BCUT2D eigenvalue weighted by Crippen LogP contribution is 2.28. The Morgan fingerprint density at radius 2 is 1.79 bits per heavy atom. The molecule has 1 fully saturated rings. The highest BCUT2D eigenvalue weighted by molar-refractivity contribution is 6.31. The number of ether oxygens (including phenoxy) is 2. The van der Waals surface area contributed by atoms with Gasteiger partial charge in [0.25, 0.3) is 0 Å². The van der Waals surface area contributed by atoms with Crippen molar-refractivity contribution >= 4 is 23.2 Å². The molecular weight excluding hydrogens is 397 g/mol. The molecule has 0 radical (unpaired) electrons. The number of anilines is 1. The van der Waals surface area contributed by atoms with E-state index in [0.717, 1.165) is 31.7 Å². The van der Waals surface area contributed by atoms with Crippen molar-refractivity contribution in [2.75, 3.05) is 52.3 Å². The Labute approximate surface area is 175 Å². The molecule has 1 heterocycles. The lowest BCUT2D eigenvalue weighted by molar-refractivity contribution is -0.117. The molecule has 1 aliphatic rings. The van der Waals surface area contributed by atoms with Crippen molar-refractivity contribution in [3.63, 3.8) is 0 Å². The molecule has 6 nitrogen and oxygen atoms in total. The Balaban J connectivity index is 1.50. The van der Waals surface area contributed by atoms with Crippen LogP contribution in [0.25, 0.3) is 0 Å². The molecule has 1 aliphatic heterocycles. The van der Waals surface area contributed by atoms with Crippen LogP contribution in [-0.4, -0.2) is 62.7 Å². The molecule has 0 aliphatic carbocycles. The topological polar surface area (TPSA) is 54.0 Å². The molecule has 2 aromatic carbocycles. The number of rotatable bonds is 7. The predicted molar refractivity (Wildman–Crippen MR) is 111 cm³/mol. The van der Waals surface area contributed by atoms with Gasteiger partial charge in [0.05, 0.1) is 26.5 Å². The zero-order valence-electron chi connectivity index (χ0n) is 16.6. The van der Waals surface area contributed by atoms with Gasteiger partial charge in [-0.05, 0) is 29.8 Å². The number of methoxy groups -OCH3 is 2. The van der Waals surface area contributed by atoms with Gasteiger partial charge in [-0.3, -0.25) is 14.6 Å². The van der Waals surface area contributed by atoms with Crippen LogP contribution < -0.4 is 14.8 Å². The minimum absolute atomic E-state index is 0.105. The molecule has 0 unspecified atom stereocenters. The molecule has 29 heavy (non-hydrogen) atoms. The van der Waals surface area contributed by atoms with E-state index >= 15 is 0 Å². The minimum atomic E-state index is -0.331. The van der Waals surface area contributed by atoms with Crippen LogP contribution in [0, 0.1) is 5.82 Å². The van der Waals surface area contributed by atoms with Gasteiger partial charge in [0.15, 0.2) is 0 Å². The molecule has 1 N–H and O–H groups in total. The zero-order valence-corrected chi connectivity index (χ0v) is 17.3. The first-order chi connectivity index (χ1) is 14.0. The molecule has 8 heteroatoms. The molecule has 0 bridgehead atoms. The summed E-state index contributed by atoms with van der Waals surface area (Å²) in [6, 6.07) is 9.76. The smallest absolute Gasteiger partial charge is 0.238 e. The fourth-order valence-electron chi connectivity index (χ4n) is 3.30. The standard InChI is InChI=1S/C21H25ClFN3O3/c1-28-17-5-6-20(29-2)19(12-17)24-21(27)14-26-9-7-25(8-10-26)13-15-3-4-16(23)11-18(15)22/h3-6,11-12H,7-10,13-14H2,1-2H3,(H,24,27). The fourth-order valence-corrected chi connectivity index (χ4v) is 3.53. The molecule has 2 aromatic rings. The van der Waals surface area contributed by atoms with E-state index in [-0.39, 0.29) is 11.7 Å². The molecule has 0 atom stereocenters. The van der Waals surface area contributed by atoms with Crippen LogP contribution in [-0.2, 0) is 11.3 Å². The summed E-state index contributed by atoms with van der Waals surface area (Å²) in [6.07, 6.45) is 0. The average Bonchev–Trinajstić information content (AvgIpc) is 2.71. The van der Waals surface area contributed by atoms with Crippen LogP contribution >= 0.6 is 11.6 Å². The third kappa shape index (κ3) is 5.82. The van der Waals surface area contributed by atoms with Crippen molar-refractivity contribution in [2.24, 2.45) is 0 Å². The minimum Gasteiger partial charge on any atom is -0.497 e. The van der Waals surface area contributed by atoms with Crippen LogP contribution in [0.5, 0.6) is 11.5 Å². The van der Waals surface area contributed by atoms with E-state index in [4.69, 9.17) is 21.1 Å². The van der Waals surface area contributed by atoms with Gasteiger partial charge in [-0.2, -0.15) is 0 Å². The first-order valence-corrected chi connectivity index (χ1v) is 9.77. The number of hydrogen-bond acceptors (Lipinski definition) is 5. The predicted octanol–water partition coefficient (Wildman–Crippen LogP) is 3.25. The normalized spacial score (nSPS) is 15.2. The summed E-state index contributed by atoms with van der Waals surface area (Å²) in [5.41, 5.74) is 1.49. The van der Waals surface area contributed by atoms with Crippen molar-refractivity contribution in [3.05, 3.63) is 52.8 Å². The van der Waals surface area contributed by atoms with Crippen LogP contribution in [0.2, 0.25) is 5.02 Å². The van der Waals surface area contributed by atoms with Gasteiger partial charge in [-0.15, -0.1) is 0 Å². The third-order valence-corrected chi connectivity index (χ3v) is 5.27. The van der Waals surface area contributed by atoms with Crippen LogP contribution in [0.3, 0.4) is 0 Å². The Morgan fingerprint density at radius 3 is 2.45 bits per heavy atom. The summed E-state index contributed by atoms with van der Waals surface area (Å²) in [6.45, 7) is 4.11. The van der Waals surface area contributed by atoms with Gasteiger partial charge < -0.3 is 14.8 Å². The Morgan fingerprint density at radius 1 is 1.07 bits per heavy atom. The Hall–Kier alpha value is -2.35. The number of nitrogens with zero attached hydrogens (tertiary/aromatic N) is 2. The second-order valence-corrected chi connectivity index (χ2v) is 7.31. The SMILES string of the molecule is COc1ccc(OC)c(NC(=O)CN2CCN(Cc3ccc(F)cc3Cl)CC2)c1. The quantitative estimate of drug-likeness (QED) is 0.743. The van der Waals surface area contributed by atoms with Crippen molar-refractivity contribution in [1.29, 1.82) is 0 Å². The summed E-state index contributed by atoms with van der Waals surface area (Å²) in [5, 5.41) is 3.34. The van der Waals surface area contributed by atoms with Crippen molar-refractivity contribution < 1.29 is 18.7 Å². The number of nitrogens with one attached hydrogen (secondary N) is 1. The van der Waals surface area contributed by atoms with E-state index in [9.17, 15) is 9.18 Å².